The highest BCUT2D eigenvalue weighted by atomic mass is 16.3. The van der Waals surface area contributed by atoms with Crippen molar-refractivity contribution in [2.75, 3.05) is 26.7 Å². The molecule has 14 heavy (non-hydrogen) atoms. The van der Waals surface area contributed by atoms with Gasteiger partial charge >= 0.3 is 0 Å². The fraction of sp³-hybridized carbons (Fsp3) is 0.545. The van der Waals surface area contributed by atoms with Crippen LogP contribution in [0.3, 0.4) is 0 Å². The van der Waals surface area contributed by atoms with E-state index in [9.17, 15) is 0 Å². The standard InChI is InChI=1S/C11H18N2O/c1-13(8-2-10-14)9-5-11-3-6-12-7-4-11/h3-4,6-7,14H,2,5,8-10H2,1H3. The van der Waals surface area contributed by atoms with Crippen molar-refractivity contribution in [1.82, 2.24) is 9.88 Å². The Bertz CT molecular complexity index is 238. The second kappa shape index (κ2) is 6.51. The normalized spacial score (nSPS) is 10.8. The van der Waals surface area contributed by atoms with Gasteiger partial charge in [0.25, 0.3) is 0 Å². The highest BCUT2D eigenvalue weighted by Gasteiger charge is 1.98. The summed E-state index contributed by atoms with van der Waals surface area (Å²) in [5.74, 6) is 0. The Kier molecular flexibility index (Phi) is 5.19. The first-order chi connectivity index (χ1) is 6.83. The van der Waals surface area contributed by atoms with E-state index in [4.69, 9.17) is 5.11 Å². The lowest BCUT2D eigenvalue weighted by Gasteiger charge is -2.15. The van der Waals surface area contributed by atoms with Crippen molar-refractivity contribution in [1.29, 1.82) is 0 Å². The molecule has 0 atom stereocenters. The molecule has 0 aliphatic rings. The van der Waals surface area contributed by atoms with E-state index in [0.717, 1.165) is 25.9 Å². The quantitative estimate of drug-likeness (QED) is 0.732. The predicted octanol–water partition coefficient (Wildman–Crippen LogP) is 0.938. The van der Waals surface area contributed by atoms with E-state index in [1.165, 1.54) is 5.56 Å². The average molecular weight is 194 g/mol. The Hall–Kier alpha value is -0.930. The smallest absolute Gasteiger partial charge is 0.0443 e. The Morgan fingerprint density at radius 1 is 1.29 bits per heavy atom. The Labute approximate surface area is 85.4 Å². The van der Waals surface area contributed by atoms with Crippen LogP contribution in [0.2, 0.25) is 0 Å². The van der Waals surface area contributed by atoms with Gasteiger partial charge in [0.05, 0.1) is 0 Å². The monoisotopic (exact) mass is 194 g/mol. The van der Waals surface area contributed by atoms with Gasteiger partial charge in [-0.15, -0.1) is 0 Å². The highest BCUT2D eigenvalue weighted by molar-refractivity contribution is 5.09. The van der Waals surface area contributed by atoms with Gasteiger partial charge in [0.2, 0.25) is 0 Å². The molecule has 3 nitrogen and oxygen atoms in total. The van der Waals surface area contributed by atoms with Gasteiger partial charge in [0.15, 0.2) is 0 Å². The van der Waals surface area contributed by atoms with Crippen LogP contribution in [0.1, 0.15) is 12.0 Å². The number of pyridine rings is 1. The molecule has 0 saturated carbocycles. The van der Waals surface area contributed by atoms with Gasteiger partial charge in [-0.1, -0.05) is 0 Å². The van der Waals surface area contributed by atoms with Crippen LogP contribution in [0.15, 0.2) is 24.5 Å². The maximum atomic E-state index is 8.67. The van der Waals surface area contributed by atoms with Crippen LogP contribution in [0.4, 0.5) is 0 Å². The molecule has 78 valence electrons. The summed E-state index contributed by atoms with van der Waals surface area (Å²) in [7, 11) is 2.08. The van der Waals surface area contributed by atoms with Crippen LogP contribution in [0.5, 0.6) is 0 Å². The van der Waals surface area contributed by atoms with Crippen molar-refractivity contribution in [2.24, 2.45) is 0 Å². The number of hydrogen-bond donors (Lipinski definition) is 1. The molecule has 0 unspecified atom stereocenters. The predicted molar refractivity (Wildman–Crippen MR) is 57.1 cm³/mol. The zero-order chi connectivity index (χ0) is 10.2. The molecule has 0 saturated heterocycles. The number of rotatable bonds is 6. The SMILES string of the molecule is CN(CCCO)CCc1ccncc1. The van der Waals surface area contributed by atoms with E-state index in [1.807, 2.05) is 24.5 Å². The second-order valence-electron chi connectivity index (χ2n) is 3.49. The fourth-order valence-electron chi connectivity index (χ4n) is 1.32. The van der Waals surface area contributed by atoms with Crippen LogP contribution < -0.4 is 0 Å². The molecule has 0 fully saturated rings. The van der Waals surface area contributed by atoms with E-state index in [-0.39, 0.29) is 6.61 Å². The number of nitrogens with zero attached hydrogens (tertiary/aromatic N) is 2. The molecule has 0 bridgehead atoms. The third-order valence-corrected chi connectivity index (χ3v) is 2.23. The number of aliphatic hydroxyl groups excluding tert-OH is 1. The van der Waals surface area contributed by atoms with Crippen molar-refractivity contribution in [2.45, 2.75) is 12.8 Å². The van der Waals surface area contributed by atoms with Crippen molar-refractivity contribution >= 4 is 0 Å². The summed E-state index contributed by atoms with van der Waals surface area (Å²) in [6.45, 7) is 2.27. The minimum absolute atomic E-state index is 0.277. The van der Waals surface area contributed by atoms with Gasteiger partial charge < -0.3 is 10.0 Å². The minimum Gasteiger partial charge on any atom is -0.396 e. The largest absolute Gasteiger partial charge is 0.396 e. The lowest BCUT2D eigenvalue weighted by molar-refractivity contribution is 0.248. The van der Waals surface area contributed by atoms with Crippen molar-refractivity contribution in [3.63, 3.8) is 0 Å². The van der Waals surface area contributed by atoms with E-state index in [0.29, 0.717) is 0 Å². The van der Waals surface area contributed by atoms with Crippen molar-refractivity contribution in [3.8, 4) is 0 Å². The first-order valence-corrected chi connectivity index (χ1v) is 5.01. The summed E-state index contributed by atoms with van der Waals surface area (Å²) in [6.07, 6.45) is 5.55. The number of likely N-dealkylation sites (N-methyl/N-ethyl adjacent to an activating group) is 1. The fourth-order valence-corrected chi connectivity index (χ4v) is 1.32. The molecule has 0 aliphatic carbocycles. The molecule has 0 radical (unpaired) electrons. The van der Waals surface area contributed by atoms with Gasteiger partial charge in [-0.05, 0) is 37.6 Å². The highest BCUT2D eigenvalue weighted by Crippen LogP contribution is 1.99. The first-order valence-electron chi connectivity index (χ1n) is 5.01. The molecule has 0 spiro atoms. The van der Waals surface area contributed by atoms with Crippen LogP contribution in [0.25, 0.3) is 0 Å². The van der Waals surface area contributed by atoms with Crippen molar-refractivity contribution in [3.05, 3.63) is 30.1 Å². The molecule has 3 heteroatoms. The lowest BCUT2D eigenvalue weighted by atomic mass is 10.2. The second-order valence-corrected chi connectivity index (χ2v) is 3.49. The van der Waals surface area contributed by atoms with E-state index in [1.54, 1.807) is 0 Å². The number of aromatic nitrogens is 1. The van der Waals surface area contributed by atoms with Gasteiger partial charge in [-0.25, -0.2) is 0 Å². The van der Waals surface area contributed by atoms with Crippen LogP contribution in [-0.2, 0) is 6.42 Å². The third kappa shape index (κ3) is 4.35. The molecular weight excluding hydrogens is 176 g/mol. The summed E-state index contributed by atoms with van der Waals surface area (Å²) >= 11 is 0. The maximum Gasteiger partial charge on any atom is 0.0443 e. The average Bonchev–Trinajstić information content (AvgIpc) is 2.25. The van der Waals surface area contributed by atoms with E-state index < -0.39 is 0 Å². The molecule has 1 N–H and O–H groups in total. The van der Waals surface area contributed by atoms with E-state index >= 15 is 0 Å². The van der Waals surface area contributed by atoms with Crippen LogP contribution in [0, 0.1) is 0 Å². The Balaban J connectivity index is 2.20. The molecule has 1 heterocycles. The Morgan fingerprint density at radius 2 is 2.00 bits per heavy atom. The van der Waals surface area contributed by atoms with Gasteiger partial charge in [0.1, 0.15) is 0 Å². The summed E-state index contributed by atoms with van der Waals surface area (Å²) in [6, 6.07) is 4.08. The molecule has 1 aromatic heterocycles. The zero-order valence-corrected chi connectivity index (χ0v) is 8.69. The molecule has 0 aromatic carbocycles. The van der Waals surface area contributed by atoms with Gasteiger partial charge in [0, 0.05) is 32.1 Å². The lowest BCUT2D eigenvalue weighted by Crippen LogP contribution is -2.23. The molecule has 0 amide bonds. The molecule has 0 aliphatic heterocycles. The summed E-state index contributed by atoms with van der Waals surface area (Å²) < 4.78 is 0. The summed E-state index contributed by atoms with van der Waals surface area (Å²) in [5.41, 5.74) is 1.32. The summed E-state index contributed by atoms with van der Waals surface area (Å²) in [4.78, 5) is 6.21. The number of hydrogen-bond acceptors (Lipinski definition) is 3. The number of aliphatic hydroxyl groups is 1. The third-order valence-electron chi connectivity index (χ3n) is 2.23. The van der Waals surface area contributed by atoms with E-state index in [2.05, 4.69) is 16.9 Å². The molecule has 1 aromatic rings. The van der Waals surface area contributed by atoms with Crippen LogP contribution >= 0.6 is 0 Å². The molecular formula is C11H18N2O. The minimum atomic E-state index is 0.277. The maximum absolute atomic E-state index is 8.67. The Morgan fingerprint density at radius 3 is 2.64 bits per heavy atom. The zero-order valence-electron chi connectivity index (χ0n) is 8.69. The van der Waals surface area contributed by atoms with Gasteiger partial charge in [-0.3, -0.25) is 4.98 Å². The topological polar surface area (TPSA) is 36.4 Å². The van der Waals surface area contributed by atoms with Crippen molar-refractivity contribution < 1.29 is 5.11 Å². The van der Waals surface area contributed by atoms with Gasteiger partial charge in [-0.2, -0.15) is 0 Å². The first kappa shape index (κ1) is 11.1. The summed E-state index contributed by atoms with van der Waals surface area (Å²) in [5, 5.41) is 8.67. The van der Waals surface area contributed by atoms with Crippen LogP contribution in [-0.4, -0.2) is 41.7 Å². The molecule has 1 rings (SSSR count).